The number of ether oxygens (including phenoxy) is 1. The summed E-state index contributed by atoms with van der Waals surface area (Å²) in [5.41, 5.74) is 0. The van der Waals surface area contributed by atoms with Crippen molar-refractivity contribution < 1.29 is 24.5 Å². The molecule has 0 radical (unpaired) electrons. The molecule has 0 aromatic heterocycles. The number of carbonyl (C=O) groups is 2. The molecule has 3 N–H and O–H groups in total. The molecule has 0 saturated heterocycles. The number of allylic oxidation sites excluding steroid dienone is 4. The number of carbonyl (C=O) groups excluding carboxylic acids is 2. The molecule has 0 aliphatic rings. The van der Waals surface area contributed by atoms with Crippen LogP contribution < -0.4 is 5.32 Å². The molecule has 0 aliphatic carbocycles. The van der Waals surface area contributed by atoms with Crippen molar-refractivity contribution in [3.8, 4) is 0 Å². The van der Waals surface area contributed by atoms with Crippen LogP contribution in [0.4, 0.5) is 0 Å². The van der Waals surface area contributed by atoms with Gasteiger partial charge in [0.05, 0.1) is 25.4 Å². The fourth-order valence-corrected chi connectivity index (χ4v) is 10.4. The number of hydrogen-bond acceptors (Lipinski definition) is 5. The van der Waals surface area contributed by atoms with Crippen molar-refractivity contribution in [2.45, 2.75) is 379 Å². The van der Waals surface area contributed by atoms with E-state index in [4.69, 9.17) is 4.74 Å². The predicted octanol–water partition coefficient (Wildman–Crippen LogP) is 21.0. The third kappa shape index (κ3) is 59.4. The Labute approximate surface area is 456 Å². The second-order valence-corrected chi connectivity index (χ2v) is 22.8. The van der Waals surface area contributed by atoms with E-state index in [9.17, 15) is 19.8 Å². The Morgan fingerprint density at radius 1 is 0.384 bits per heavy atom. The fraction of sp³-hybridized carbons (Fsp3) is 0.910. The van der Waals surface area contributed by atoms with Crippen molar-refractivity contribution in [2.24, 2.45) is 0 Å². The maximum Gasteiger partial charge on any atom is 0.305 e. The van der Waals surface area contributed by atoms with E-state index < -0.39 is 12.1 Å². The smallest absolute Gasteiger partial charge is 0.305 e. The SMILES string of the molecule is CCCCC/C=C\C/C=C\CCCCCCCC(=O)OCCCCCCCCCCCCCCCCCCCCCCCCCCCCCC(=O)N[C@@H](CO)[C@H](O)CCCCCCCCCCCCCCCC. The number of unbranched alkanes of at least 4 members (excludes halogenated alkanes) is 47. The van der Waals surface area contributed by atoms with Crippen LogP contribution in [0, 0.1) is 0 Å². The molecular formula is C67H129NO5. The van der Waals surface area contributed by atoms with Crippen LogP contribution in [0.5, 0.6) is 0 Å². The highest BCUT2D eigenvalue weighted by atomic mass is 16.5. The molecule has 6 heteroatoms. The molecule has 0 heterocycles. The quantitative estimate of drug-likeness (QED) is 0.0320. The Kier molecular flexibility index (Phi) is 61.4. The average molecular weight is 1030 g/mol. The summed E-state index contributed by atoms with van der Waals surface area (Å²) in [5, 5.41) is 23.3. The van der Waals surface area contributed by atoms with Gasteiger partial charge in [-0.2, -0.15) is 0 Å². The molecule has 6 nitrogen and oxygen atoms in total. The molecule has 1 amide bonds. The zero-order valence-electron chi connectivity index (χ0n) is 49.4. The monoisotopic (exact) mass is 1030 g/mol. The predicted molar refractivity (Wildman–Crippen MR) is 320 cm³/mol. The minimum Gasteiger partial charge on any atom is -0.466 e. The molecule has 0 fully saturated rings. The van der Waals surface area contributed by atoms with E-state index in [1.54, 1.807) is 0 Å². The molecule has 2 atom stereocenters. The lowest BCUT2D eigenvalue weighted by Crippen LogP contribution is -2.45. The topological polar surface area (TPSA) is 95.9 Å². The third-order valence-electron chi connectivity index (χ3n) is 15.5. The molecular weight excluding hydrogens is 899 g/mol. The minimum absolute atomic E-state index is 0.00448. The van der Waals surface area contributed by atoms with Crippen LogP contribution in [0.2, 0.25) is 0 Å². The molecule has 0 aromatic carbocycles. The van der Waals surface area contributed by atoms with E-state index in [0.717, 1.165) is 51.4 Å². The normalized spacial score (nSPS) is 12.7. The molecule has 0 aliphatic heterocycles. The van der Waals surface area contributed by atoms with Gasteiger partial charge in [-0.25, -0.2) is 0 Å². The second-order valence-electron chi connectivity index (χ2n) is 22.8. The summed E-state index contributed by atoms with van der Waals surface area (Å²) in [6, 6.07) is -0.539. The highest BCUT2D eigenvalue weighted by molar-refractivity contribution is 5.76. The van der Waals surface area contributed by atoms with Gasteiger partial charge in [-0.05, 0) is 57.8 Å². The standard InChI is InChI=1S/C67H129NO5/c1-3-5-7-9-11-13-15-17-32-37-41-45-49-53-57-61-67(72)73-62-58-54-50-46-42-38-34-31-29-27-25-23-21-19-20-22-24-26-28-30-33-36-40-44-48-52-56-60-66(71)68-64(63-69)65(70)59-55-51-47-43-39-35-18-16-14-12-10-8-6-4-2/h11,13,17,32,64-65,69-70H,3-10,12,14-16,18-31,33-63H2,1-2H3,(H,68,71)/b13-11-,32-17-/t64-,65+/m0/s1. The maximum absolute atomic E-state index is 12.5. The summed E-state index contributed by atoms with van der Waals surface area (Å²) in [7, 11) is 0. The van der Waals surface area contributed by atoms with Gasteiger partial charge in [0.15, 0.2) is 0 Å². The Morgan fingerprint density at radius 2 is 0.685 bits per heavy atom. The minimum atomic E-state index is -0.661. The molecule has 0 spiro atoms. The van der Waals surface area contributed by atoms with Crippen LogP contribution in [-0.4, -0.2) is 47.4 Å². The molecule has 0 bridgehead atoms. The summed E-state index contributed by atoms with van der Waals surface area (Å²) < 4.78 is 5.48. The first-order chi connectivity index (χ1) is 36.0. The summed E-state index contributed by atoms with van der Waals surface area (Å²) in [6.45, 7) is 4.95. The molecule has 0 unspecified atom stereocenters. The van der Waals surface area contributed by atoms with Gasteiger partial charge in [-0.3, -0.25) is 9.59 Å². The Morgan fingerprint density at radius 3 is 1.07 bits per heavy atom. The number of rotatable bonds is 62. The number of esters is 1. The van der Waals surface area contributed by atoms with Crippen LogP contribution in [-0.2, 0) is 14.3 Å². The highest BCUT2D eigenvalue weighted by Crippen LogP contribution is 2.19. The van der Waals surface area contributed by atoms with Gasteiger partial charge in [0.2, 0.25) is 5.91 Å². The Balaban J connectivity index is 3.34. The van der Waals surface area contributed by atoms with Crippen molar-refractivity contribution in [3.63, 3.8) is 0 Å². The van der Waals surface area contributed by atoms with Crippen molar-refractivity contribution in [3.05, 3.63) is 24.3 Å². The Bertz CT molecular complexity index is 1140. The summed E-state index contributed by atoms with van der Waals surface area (Å²) in [6.07, 6.45) is 77.8. The summed E-state index contributed by atoms with van der Waals surface area (Å²) in [5.74, 6) is -0.0258. The van der Waals surface area contributed by atoms with E-state index in [-0.39, 0.29) is 18.5 Å². The van der Waals surface area contributed by atoms with Crippen LogP contribution in [0.25, 0.3) is 0 Å². The van der Waals surface area contributed by atoms with Gasteiger partial charge >= 0.3 is 5.97 Å². The van der Waals surface area contributed by atoms with Crippen molar-refractivity contribution >= 4 is 11.9 Å². The zero-order chi connectivity index (χ0) is 52.9. The first-order valence-electron chi connectivity index (χ1n) is 33.1. The van der Waals surface area contributed by atoms with E-state index in [1.807, 2.05) is 0 Å². The molecule has 0 aromatic rings. The number of nitrogens with one attached hydrogen (secondary N) is 1. The number of aliphatic hydroxyl groups excluding tert-OH is 2. The number of aliphatic hydroxyl groups is 2. The first kappa shape index (κ1) is 71.3. The maximum atomic E-state index is 12.5. The van der Waals surface area contributed by atoms with E-state index in [1.165, 1.54) is 283 Å². The van der Waals surface area contributed by atoms with Crippen LogP contribution >= 0.6 is 0 Å². The van der Waals surface area contributed by atoms with Crippen molar-refractivity contribution in [1.29, 1.82) is 0 Å². The Hall–Kier alpha value is -1.66. The lowest BCUT2D eigenvalue weighted by molar-refractivity contribution is -0.143. The lowest BCUT2D eigenvalue weighted by atomic mass is 10.0. The van der Waals surface area contributed by atoms with Gasteiger partial charge in [-0.1, -0.05) is 321 Å². The lowest BCUT2D eigenvalue weighted by Gasteiger charge is -2.22. The van der Waals surface area contributed by atoms with E-state index in [2.05, 4.69) is 43.5 Å². The molecule has 0 saturated carbocycles. The zero-order valence-corrected chi connectivity index (χ0v) is 49.4. The van der Waals surface area contributed by atoms with Crippen LogP contribution in [0.15, 0.2) is 24.3 Å². The molecule has 73 heavy (non-hydrogen) atoms. The number of amides is 1. The average Bonchev–Trinajstić information content (AvgIpc) is 3.39. The summed E-state index contributed by atoms with van der Waals surface area (Å²) >= 11 is 0. The molecule has 432 valence electrons. The van der Waals surface area contributed by atoms with E-state index in [0.29, 0.717) is 25.9 Å². The third-order valence-corrected chi connectivity index (χ3v) is 15.5. The number of hydrogen-bond donors (Lipinski definition) is 3. The fourth-order valence-electron chi connectivity index (χ4n) is 10.4. The second kappa shape index (κ2) is 62.9. The highest BCUT2D eigenvalue weighted by Gasteiger charge is 2.20. The molecule has 0 rings (SSSR count). The van der Waals surface area contributed by atoms with Crippen molar-refractivity contribution in [1.82, 2.24) is 5.32 Å². The van der Waals surface area contributed by atoms with Crippen molar-refractivity contribution in [2.75, 3.05) is 13.2 Å². The largest absolute Gasteiger partial charge is 0.466 e. The van der Waals surface area contributed by atoms with Crippen LogP contribution in [0.1, 0.15) is 367 Å². The van der Waals surface area contributed by atoms with Gasteiger partial charge in [0.1, 0.15) is 0 Å². The summed E-state index contributed by atoms with van der Waals surface area (Å²) in [4.78, 5) is 24.5. The first-order valence-corrected chi connectivity index (χ1v) is 33.1. The van der Waals surface area contributed by atoms with Gasteiger partial charge in [0, 0.05) is 12.8 Å². The van der Waals surface area contributed by atoms with Crippen LogP contribution in [0.3, 0.4) is 0 Å². The van der Waals surface area contributed by atoms with Gasteiger partial charge in [0.25, 0.3) is 0 Å². The van der Waals surface area contributed by atoms with E-state index >= 15 is 0 Å². The van der Waals surface area contributed by atoms with Gasteiger partial charge in [-0.15, -0.1) is 0 Å². The van der Waals surface area contributed by atoms with Gasteiger partial charge < -0.3 is 20.3 Å².